The minimum absolute atomic E-state index is 0.0136. The number of hydrogen-bond acceptors (Lipinski definition) is 9. The molecule has 10 nitrogen and oxygen atoms in total. The largest absolute Gasteiger partial charge is 0.462 e. The van der Waals surface area contributed by atoms with Crippen LogP contribution in [0.3, 0.4) is 0 Å². The van der Waals surface area contributed by atoms with Gasteiger partial charge in [0.2, 0.25) is 0 Å². The fraction of sp³-hybridized carbons (Fsp3) is 0.750. The first-order valence-corrected chi connectivity index (χ1v) is 16.6. The Hall–Kier alpha value is -2.37. The third kappa shape index (κ3) is 4.76. The van der Waals surface area contributed by atoms with Gasteiger partial charge < -0.3 is 9.47 Å². The topological polar surface area (TPSA) is 150 Å². The molecule has 11 atom stereocenters. The molecule has 2 spiro atoms. The van der Waals surface area contributed by atoms with Gasteiger partial charge in [-0.2, -0.15) is 8.42 Å². The van der Waals surface area contributed by atoms with E-state index in [0.29, 0.717) is 18.8 Å². The van der Waals surface area contributed by atoms with Gasteiger partial charge >= 0.3 is 22.3 Å². The van der Waals surface area contributed by atoms with Crippen molar-refractivity contribution in [3.63, 3.8) is 0 Å². The van der Waals surface area contributed by atoms with E-state index in [-0.39, 0.29) is 39.4 Å². The van der Waals surface area contributed by atoms with Crippen molar-refractivity contribution in [2.75, 3.05) is 6.61 Å². The second-order valence-corrected chi connectivity index (χ2v) is 15.5. The Kier molecular flexibility index (Phi) is 7.70. The van der Waals surface area contributed by atoms with Crippen LogP contribution < -0.4 is 0 Å². The molecule has 1 N–H and O–H groups in total. The predicted octanol–water partition coefficient (Wildman–Crippen LogP) is 4.43. The number of hydrogen-bond donors (Lipinski definition) is 1. The Balaban J connectivity index is 1.53. The molecule has 0 aromatic carbocycles. The molecular formula is C32H44O10S. The van der Waals surface area contributed by atoms with E-state index in [0.717, 1.165) is 25.7 Å². The van der Waals surface area contributed by atoms with Gasteiger partial charge in [0.1, 0.15) is 6.10 Å². The number of ether oxygens (including phenoxy) is 2. The predicted molar refractivity (Wildman–Crippen MR) is 154 cm³/mol. The highest BCUT2D eigenvalue weighted by Gasteiger charge is 2.82. The number of ketones is 2. The van der Waals surface area contributed by atoms with Crippen LogP contribution in [0.5, 0.6) is 0 Å². The van der Waals surface area contributed by atoms with E-state index in [2.05, 4.69) is 30.7 Å². The van der Waals surface area contributed by atoms with E-state index in [9.17, 15) is 27.6 Å². The van der Waals surface area contributed by atoms with Crippen LogP contribution in [0.15, 0.2) is 24.3 Å². The second kappa shape index (κ2) is 10.3. The molecule has 0 saturated heterocycles. The molecule has 43 heavy (non-hydrogen) atoms. The van der Waals surface area contributed by atoms with Crippen LogP contribution in [0.2, 0.25) is 0 Å². The van der Waals surface area contributed by atoms with Crippen LogP contribution in [-0.4, -0.2) is 55.3 Å². The van der Waals surface area contributed by atoms with E-state index in [1.807, 2.05) is 6.92 Å². The van der Waals surface area contributed by atoms with Crippen molar-refractivity contribution in [3.8, 4) is 0 Å². The first-order chi connectivity index (χ1) is 19.8. The Morgan fingerprint density at radius 1 is 1.12 bits per heavy atom. The zero-order valence-corrected chi connectivity index (χ0v) is 26.7. The molecule has 0 amide bonds. The summed E-state index contributed by atoms with van der Waals surface area (Å²) < 4.78 is 47.5. The average molecular weight is 621 g/mol. The van der Waals surface area contributed by atoms with Gasteiger partial charge in [-0.15, -0.1) is 0 Å². The Morgan fingerprint density at radius 3 is 2.40 bits per heavy atom. The molecule has 0 radical (unpaired) electrons. The summed E-state index contributed by atoms with van der Waals surface area (Å²) in [7, 11) is -4.74. The molecule has 4 saturated carbocycles. The molecule has 0 aromatic heterocycles. The van der Waals surface area contributed by atoms with E-state index in [1.165, 1.54) is 20.8 Å². The summed E-state index contributed by atoms with van der Waals surface area (Å²) >= 11 is 0. The highest BCUT2D eigenvalue weighted by Crippen LogP contribution is 2.87. The van der Waals surface area contributed by atoms with Crippen molar-refractivity contribution in [3.05, 3.63) is 24.3 Å². The third-order valence-electron chi connectivity index (χ3n) is 12.6. The van der Waals surface area contributed by atoms with Gasteiger partial charge in [-0.1, -0.05) is 40.3 Å². The van der Waals surface area contributed by atoms with Crippen molar-refractivity contribution < 1.29 is 45.8 Å². The lowest BCUT2D eigenvalue weighted by atomic mass is 9.43. The molecule has 0 bridgehead atoms. The average Bonchev–Trinajstić information content (AvgIpc) is 3.51. The number of rotatable bonds is 9. The molecule has 5 aliphatic carbocycles. The molecular weight excluding hydrogens is 576 g/mol. The van der Waals surface area contributed by atoms with Crippen LogP contribution in [0, 0.1) is 51.2 Å². The second-order valence-electron chi connectivity index (χ2n) is 14.4. The van der Waals surface area contributed by atoms with Crippen LogP contribution >= 0.6 is 0 Å². The fourth-order valence-electron chi connectivity index (χ4n) is 10.4. The molecule has 11 heteroatoms. The van der Waals surface area contributed by atoms with Crippen molar-refractivity contribution >= 4 is 33.9 Å². The molecule has 5 rings (SSSR count). The summed E-state index contributed by atoms with van der Waals surface area (Å²) in [5, 5.41) is 0. The zero-order chi connectivity index (χ0) is 31.9. The van der Waals surface area contributed by atoms with Gasteiger partial charge in [0, 0.05) is 31.6 Å². The minimum atomic E-state index is -4.74. The molecule has 4 fully saturated rings. The monoisotopic (exact) mass is 620 g/mol. The highest BCUT2D eigenvalue weighted by atomic mass is 32.3. The van der Waals surface area contributed by atoms with E-state index < -0.39 is 64.2 Å². The Morgan fingerprint density at radius 2 is 1.79 bits per heavy atom. The van der Waals surface area contributed by atoms with Crippen molar-refractivity contribution in [1.29, 1.82) is 0 Å². The fourth-order valence-corrected chi connectivity index (χ4v) is 10.8. The van der Waals surface area contributed by atoms with E-state index in [1.54, 1.807) is 6.08 Å². The first kappa shape index (κ1) is 32.0. The summed E-state index contributed by atoms with van der Waals surface area (Å²) in [5.74, 6) is -2.51. The van der Waals surface area contributed by atoms with E-state index >= 15 is 0 Å². The van der Waals surface area contributed by atoms with Crippen LogP contribution in [0.25, 0.3) is 0 Å². The molecule has 0 aromatic rings. The van der Waals surface area contributed by atoms with Crippen LogP contribution in [0.4, 0.5) is 0 Å². The molecule has 0 heterocycles. The van der Waals surface area contributed by atoms with Gasteiger partial charge in [-0.05, 0) is 83.7 Å². The number of allylic oxidation sites excluding steroid dienone is 2. The molecule has 1 unspecified atom stereocenters. The quantitative estimate of drug-likeness (QED) is 0.223. The van der Waals surface area contributed by atoms with Crippen molar-refractivity contribution in [2.45, 2.75) is 92.3 Å². The van der Waals surface area contributed by atoms with Gasteiger partial charge in [-0.3, -0.25) is 23.7 Å². The number of fused-ring (bicyclic) bond motifs is 2. The smallest absolute Gasteiger partial charge is 0.397 e. The summed E-state index contributed by atoms with van der Waals surface area (Å²) in [4.78, 5) is 51.6. The maximum Gasteiger partial charge on any atom is 0.397 e. The third-order valence-corrected chi connectivity index (χ3v) is 13.0. The van der Waals surface area contributed by atoms with E-state index in [4.69, 9.17) is 14.0 Å². The lowest BCUT2D eigenvalue weighted by molar-refractivity contribution is -0.173. The summed E-state index contributed by atoms with van der Waals surface area (Å²) in [6, 6.07) is 0. The maximum absolute atomic E-state index is 14.1. The Labute approximate surface area is 253 Å². The Bertz CT molecular complexity index is 1400. The van der Waals surface area contributed by atoms with Gasteiger partial charge in [0.15, 0.2) is 17.7 Å². The van der Waals surface area contributed by atoms with Crippen molar-refractivity contribution in [2.24, 2.45) is 51.2 Å². The van der Waals surface area contributed by atoms with Crippen LogP contribution in [-0.2, 0) is 43.2 Å². The number of esters is 2. The normalized spacial score (nSPS) is 42.4. The number of carbonyl (C=O) groups excluding carboxylic acids is 4. The van der Waals surface area contributed by atoms with Crippen LogP contribution in [0.1, 0.15) is 80.1 Å². The molecule has 5 aliphatic rings. The SMILES string of the molecule is C=C(C(=O)[C@H](OC(C)=O)C1[C@@H](OC(C)=O)C[C@@]2(C)[C@@H]3CC[C@H]4[C@H](C)C(=O)C=C[C@@]45C[C@@]35CC[C@]12C)[C@@H](C)COS(=O)(=O)O. The van der Waals surface area contributed by atoms with Gasteiger partial charge in [0.05, 0.1) is 6.61 Å². The maximum atomic E-state index is 14.1. The summed E-state index contributed by atoms with van der Waals surface area (Å²) in [5.41, 5.74) is -0.956. The van der Waals surface area contributed by atoms with Gasteiger partial charge in [-0.25, -0.2) is 4.18 Å². The lowest BCUT2D eigenvalue weighted by Crippen LogP contribution is -2.57. The lowest BCUT2D eigenvalue weighted by Gasteiger charge is -2.60. The number of carbonyl (C=O) groups is 4. The first-order valence-electron chi connectivity index (χ1n) is 15.3. The zero-order valence-electron chi connectivity index (χ0n) is 25.9. The molecule has 238 valence electrons. The standard InChI is InChI=1S/C32H44O10S/c1-17(15-40-43(37,38)39)18(2)27(36)28(42-21(5)34)26-24(41-20(4)33)14-30(7)25-9-8-22-19(3)23(35)10-11-31(22)16-32(25,31)13-12-29(26,30)6/h10-11,17,19,22,24-26,28H,2,8-9,12-16H2,1,3-7H3,(H,37,38,39)/t17-,19-,22-,24-,25-,26?,28+,29+,30-,31+,32-/m0/s1. The van der Waals surface area contributed by atoms with Crippen molar-refractivity contribution in [1.82, 2.24) is 0 Å². The summed E-state index contributed by atoms with van der Waals surface area (Å²) in [6.07, 6.45) is 6.90. The minimum Gasteiger partial charge on any atom is -0.462 e. The highest BCUT2D eigenvalue weighted by molar-refractivity contribution is 7.80. The van der Waals surface area contributed by atoms with Gasteiger partial charge in [0.25, 0.3) is 0 Å². The summed E-state index contributed by atoms with van der Waals surface area (Å²) in [6.45, 7) is 13.8. The molecule has 0 aliphatic heterocycles. The number of Topliss-reactive ketones (excluding diaryl/α,β-unsaturated/α-hetero) is 1.